The Balaban J connectivity index is 2.29. The lowest BCUT2D eigenvalue weighted by molar-refractivity contribution is -0.122. The van der Waals surface area contributed by atoms with Crippen molar-refractivity contribution in [3.63, 3.8) is 0 Å². The third-order valence-electron chi connectivity index (χ3n) is 2.14. The van der Waals surface area contributed by atoms with Gasteiger partial charge in [0.2, 0.25) is 5.91 Å². The molecule has 1 aromatic heterocycles. The summed E-state index contributed by atoms with van der Waals surface area (Å²) < 4.78 is 4.85. The lowest BCUT2D eigenvalue weighted by Gasteiger charge is -2.11. The molecule has 0 aliphatic rings. The van der Waals surface area contributed by atoms with E-state index in [0.29, 0.717) is 19.6 Å². The smallest absolute Gasteiger partial charge is 0.237 e. The van der Waals surface area contributed by atoms with Crippen LogP contribution in [-0.2, 0) is 16.1 Å². The third kappa shape index (κ3) is 4.37. The highest BCUT2D eigenvalue weighted by Crippen LogP contribution is 1.94. The Labute approximate surface area is 95.0 Å². The minimum Gasteiger partial charge on any atom is -0.385 e. The summed E-state index contributed by atoms with van der Waals surface area (Å²) in [6.07, 6.45) is 2.21. The van der Waals surface area contributed by atoms with Crippen molar-refractivity contribution in [2.75, 3.05) is 13.7 Å². The number of nitrogens with one attached hydrogen (secondary N) is 1. The van der Waals surface area contributed by atoms with Crippen LogP contribution in [0.1, 0.15) is 12.1 Å². The van der Waals surface area contributed by atoms with Crippen molar-refractivity contribution in [2.45, 2.75) is 19.0 Å². The fourth-order valence-electron chi connectivity index (χ4n) is 1.19. The van der Waals surface area contributed by atoms with Crippen LogP contribution in [0.2, 0.25) is 0 Å². The number of nitrogens with two attached hydrogens (primary N) is 1. The molecule has 0 aromatic carbocycles. The molecule has 1 unspecified atom stereocenters. The predicted octanol–water partition coefficient (Wildman–Crippen LogP) is 0.0616. The molecule has 0 aliphatic carbocycles. The van der Waals surface area contributed by atoms with Crippen molar-refractivity contribution >= 4 is 5.91 Å². The Kier molecular flexibility index (Phi) is 5.45. The topological polar surface area (TPSA) is 77.2 Å². The molecule has 0 radical (unpaired) electrons. The number of methoxy groups -OCH3 is 1. The predicted molar refractivity (Wildman–Crippen MR) is 60.6 cm³/mol. The number of hydrogen-bond donors (Lipinski definition) is 2. The number of carbonyl (C=O) groups is 1. The Bertz CT molecular complexity index is 316. The maximum Gasteiger partial charge on any atom is 0.237 e. The first kappa shape index (κ1) is 12.6. The van der Waals surface area contributed by atoms with Gasteiger partial charge in [-0.3, -0.25) is 9.78 Å². The van der Waals surface area contributed by atoms with Crippen LogP contribution in [0.3, 0.4) is 0 Å². The van der Waals surface area contributed by atoms with Gasteiger partial charge in [-0.25, -0.2) is 0 Å². The number of nitrogens with zero attached hydrogens (tertiary/aromatic N) is 1. The zero-order chi connectivity index (χ0) is 11.8. The highest BCUT2D eigenvalue weighted by atomic mass is 16.5. The molecule has 88 valence electrons. The summed E-state index contributed by atoms with van der Waals surface area (Å²) in [5, 5.41) is 2.73. The van der Waals surface area contributed by atoms with Crippen molar-refractivity contribution in [3.05, 3.63) is 30.1 Å². The average Bonchev–Trinajstić information content (AvgIpc) is 2.34. The van der Waals surface area contributed by atoms with Crippen LogP contribution < -0.4 is 11.1 Å². The first-order valence-electron chi connectivity index (χ1n) is 5.16. The number of carbonyl (C=O) groups excluding carboxylic acids is 1. The zero-order valence-electron chi connectivity index (χ0n) is 9.35. The minimum absolute atomic E-state index is 0.178. The molecular weight excluding hydrogens is 206 g/mol. The molecule has 1 aromatic rings. The first-order chi connectivity index (χ1) is 7.74. The molecule has 1 rings (SSSR count). The van der Waals surface area contributed by atoms with E-state index >= 15 is 0 Å². The summed E-state index contributed by atoms with van der Waals surface area (Å²) >= 11 is 0. The maximum atomic E-state index is 11.5. The van der Waals surface area contributed by atoms with Crippen LogP contribution >= 0.6 is 0 Å². The van der Waals surface area contributed by atoms with Crippen LogP contribution in [0.25, 0.3) is 0 Å². The van der Waals surface area contributed by atoms with Gasteiger partial charge in [-0.15, -0.1) is 0 Å². The lowest BCUT2D eigenvalue weighted by atomic mass is 10.2. The van der Waals surface area contributed by atoms with E-state index in [1.807, 2.05) is 18.2 Å². The number of aromatic nitrogens is 1. The van der Waals surface area contributed by atoms with E-state index in [-0.39, 0.29) is 5.91 Å². The molecule has 5 nitrogen and oxygen atoms in total. The highest BCUT2D eigenvalue weighted by Gasteiger charge is 2.12. The van der Waals surface area contributed by atoms with E-state index in [4.69, 9.17) is 10.5 Å². The normalized spacial score (nSPS) is 12.1. The third-order valence-corrected chi connectivity index (χ3v) is 2.14. The van der Waals surface area contributed by atoms with Gasteiger partial charge in [-0.05, 0) is 18.6 Å². The Morgan fingerprint density at radius 2 is 2.44 bits per heavy atom. The number of pyridine rings is 1. The molecular formula is C11H17N3O2. The van der Waals surface area contributed by atoms with Gasteiger partial charge < -0.3 is 15.8 Å². The van der Waals surface area contributed by atoms with Crippen molar-refractivity contribution in [2.24, 2.45) is 5.73 Å². The van der Waals surface area contributed by atoms with Crippen LogP contribution in [0.5, 0.6) is 0 Å². The summed E-state index contributed by atoms with van der Waals surface area (Å²) in [6.45, 7) is 0.887. The zero-order valence-corrected chi connectivity index (χ0v) is 9.35. The summed E-state index contributed by atoms with van der Waals surface area (Å²) in [5.74, 6) is -0.178. The van der Waals surface area contributed by atoms with E-state index in [1.165, 1.54) is 0 Å². The van der Waals surface area contributed by atoms with Gasteiger partial charge in [0.05, 0.1) is 18.3 Å². The quantitative estimate of drug-likeness (QED) is 0.715. The molecule has 0 aliphatic heterocycles. The molecule has 3 N–H and O–H groups in total. The summed E-state index contributed by atoms with van der Waals surface area (Å²) in [4.78, 5) is 15.6. The largest absolute Gasteiger partial charge is 0.385 e. The van der Waals surface area contributed by atoms with Crippen LogP contribution in [0.15, 0.2) is 24.4 Å². The Hall–Kier alpha value is -1.46. The number of hydrogen-bond acceptors (Lipinski definition) is 4. The average molecular weight is 223 g/mol. The van der Waals surface area contributed by atoms with Crippen molar-refractivity contribution in [1.82, 2.24) is 10.3 Å². The second-order valence-electron chi connectivity index (χ2n) is 3.43. The molecule has 1 heterocycles. The van der Waals surface area contributed by atoms with Crippen molar-refractivity contribution < 1.29 is 9.53 Å². The standard InChI is InChI=1S/C11H17N3O2/c1-16-7-5-10(12)11(15)14-8-9-4-2-3-6-13-9/h2-4,6,10H,5,7-8,12H2,1H3,(H,14,15). The van der Waals surface area contributed by atoms with Gasteiger partial charge in [0.15, 0.2) is 0 Å². The van der Waals surface area contributed by atoms with Crippen LogP contribution in [0, 0.1) is 0 Å². The molecule has 0 spiro atoms. The summed E-state index contributed by atoms with van der Waals surface area (Å²) in [7, 11) is 1.58. The van der Waals surface area contributed by atoms with Gasteiger partial charge in [-0.2, -0.15) is 0 Å². The fraction of sp³-hybridized carbons (Fsp3) is 0.455. The van der Waals surface area contributed by atoms with Gasteiger partial charge >= 0.3 is 0 Å². The molecule has 0 fully saturated rings. The van der Waals surface area contributed by atoms with Gasteiger partial charge in [0, 0.05) is 19.9 Å². The first-order valence-corrected chi connectivity index (χ1v) is 5.16. The van der Waals surface area contributed by atoms with Crippen molar-refractivity contribution in [1.29, 1.82) is 0 Å². The van der Waals surface area contributed by atoms with E-state index in [2.05, 4.69) is 10.3 Å². The van der Waals surface area contributed by atoms with E-state index in [0.717, 1.165) is 5.69 Å². The monoisotopic (exact) mass is 223 g/mol. The Morgan fingerprint density at radius 3 is 3.06 bits per heavy atom. The van der Waals surface area contributed by atoms with E-state index in [9.17, 15) is 4.79 Å². The van der Waals surface area contributed by atoms with Gasteiger partial charge in [0.25, 0.3) is 0 Å². The van der Waals surface area contributed by atoms with E-state index in [1.54, 1.807) is 13.3 Å². The molecule has 1 atom stereocenters. The van der Waals surface area contributed by atoms with Crippen LogP contribution in [-0.4, -0.2) is 30.6 Å². The second-order valence-corrected chi connectivity index (χ2v) is 3.43. The van der Waals surface area contributed by atoms with Crippen molar-refractivity contribution in [3.8, 4) is 0 Å². The fourth-order valence-corrected chi connectivity index (χ4v) is 1.19. The van der Waals surface area contributed by atoms with Crippen LogP contribution in [0.4, 0.5) is 0 Å². The molecule has 5 heteroatoms. The molecule has 0 saturated heterocycles. The highest BCUT2D eigenvalue weighted by molar-refractivity contribution is 5.81. The van der Waals surface area contributed by atoms with E-state index < -0.39 is 6.04 Å². The second kappa shape index (κ2) is 6.92. The van der Waals surface area contributed by atoms with Gasteiger partial charge in [0.1, 0.15) is 0 Å². The Morgan fingerprint density at radius 1 is 1.62 bits per heavy atom. The number of rotatable bonds is 6. The minimum atomic E-state index is -0.524. The summed E-state index contributed by atoms with van der Waals surface area (Å²) in [6, 6.07) is 5.03. The molecule has 16 heavy (non-hydrogen) atoms. The molecule has 1 amide bonds. The SMILES string of the molecule is COCCC(N)C(=O)NCc1ccccn1. The van der Waals surface area contributed by atoms with Gasteiger partial charge in [-0.1, -0.05) is 6.07 Å². The summed E-state index contributed by atoms with van der Waals surface area (Å²) in [5.41, 5.74) is 6.47. The number of ether oxygens (including phenoxy) is 1. The molecule has 0 bridgehead atoms. The number of amides is 1. The maximum absolute atomic E-state index is 11.5. The lowest BCUT2D eigenvalue weighted by Crippen LogP contribution is -2.40. The molecule has 0 saturated carbocycles.